The van der Waals surface area contributed by atoms with Gasteiger partial charge in [0.05, 0.1) is 0 Å². The van der Waals surface area contributed by atoms with Crippen molar-refractivity contribution in [3.63, 3.8) is 0 Å². The van der Waals surface area contributed by atoms with Crippen LogP contribution in [-0.4, -0.2) is 7.11 Å². The third kappa shape index (κ3) is 3.31. The molecule has 0 spiro atoms. The van der Waals surface area contributed by atoms with E-state index in [0.717, 1.165) is 11.1 Å². The van der Waals surface area contributed by atoms with E-state index in [9.17, 15) is 4.57 Å². The number of benzene rings is 1. The predicted octanol–water partition coefficient (Wildman–Crippen LogP) is 1.77. The molecule has 13 heavy (non-hydrogen) atoms. The van der Waals surface area contributed by atoms with Crippen molar-refractivity contribution < 1.29 is 9.09 Å². The summed E-state index contributed by atoms with van der Waals surface area (Å²) in [6, 6.07) is 7.76. The molecule has 72 valence electrons. The van der Waals surface area contributed by atoms with Crippen molar-refractivity contribution in [2.75, 3.05) is 7.11 Å². The summed E-state index contributed by atoms with van der Waals surface area (Å²) in [5.41, 5.74) is 7.56. The molecule has 0 saturated heterocycles. The van der Waals surface area contributed by atoms with Crippen molar-refractivity contribution in [3.8, 4) is 0 Å². The van der Waals surface area contributed by atoms with Gasteiger partial charge in [0.1, 0.15) is 0 Å². The van der Waals surface area contributed by atoms with E-state index in [-0.39, 0.29) is 0 Å². The fraction of sp³-hybridized carbons (Fsp3) is 0.333. The second kappa shape index (κ2) is 5.18. The van der Waals surface area contributed by atoms with E-state index in [2.05, 4.69) is 0 Å². The Morgan fingerprint density at radius 2 is 1.85 bits per heavy atom. The molecule has 1 rings (SSSR count). The van der Waals surface area contributed by atoms with Gasteiger partial charge in [-0.15, -0.1) is 0 Å². The SMILES string of the molecule is CO[PH](=O)Cc1ccc(CN)cc1. The molecule has 2 N–H and O–H groups in total. The first-order valence-corrected chi connectivity index (χ1v) is 5.63. The maximum atomic E-state index is 11.1. The highest BCUT2D eigenvalue weighted by Crippen LogP contribution is 2.26. The first kappa shape index (κ1) is 10.5. The van der Waals surface area contributed by atoms with E-state index in [1.807, 2.05) is 24.3 Å². The second-order valence-corrected chi connectivity index (χ2v) is 4.28. The molecule has 1 aromatic carbocycles. The standard InChI is InChI=1S/C9H14NO2P/c1-12-13(11)7-9-4-2-8(6-10)3-5-9/h2-5,13H,6-7,10H2,1H3. The van der Waals surface area contributed by atoms with Gasteiger partial charge in [-0.1, -0.05) is 24.3 Å². The van der Waals surface area contributed by atoms with Gasteiger partial charge in [-0.2, -0.15) is 0 Å². The number of rotatable bonds is 4. The Morgan fingerprint density at radius 3 is 2.31 bits per heavy atom. The van der Waals surface area contributed by atoms with Crippen LogP contribution in [0, 0.1) is 0 Å². The summed E-state index contributed by atoms with van der Waals surface area (Å²) < 4.78 is 15.8. The van der Waals surface area contributed by atoms with Crippen LogP contribution in [0.25, 0.3) is 0 Å². The molecule has 0 aliphatic rings. The molecule has 1 aromatic rings. The van der Waals surface area contributed by atoms with Crippen LogP contribution in [0.5, 0.6) is 0 Å². The molecule has 0 aliphatic heterocycles. The molecule has 0 radical (unpaired) electrons. The molecule has 0 heterocycles. The van der Waals surface area contributed by atoms with Crippen LogP contribution in [0.15, 0.2) is 24.3 Å². The van der Waals surface area contributed by atoms with Crippen LogP contribution in [0.4, 0.5) is 0 Å². The minimum Gasteiger partial charge on any atom is -0.334 e. The third-order valence-corrected chi connectivity index (χ3v) is 2.99. The van der Waals surface area contributed by atoms with E-state index in [0.29, 0.717) is 12.7 Å². The van der Waals surface area contributed by atoms with Gasteiger partial charge in [0.2, 0.25) is 0 Å². The molecule has 0 aromatic heterocycles. The van der Waals surface area contributed by atoms with Gasteiger partial charge < -0.3 is 10.3 Å². The number of hydrogen-bond donors (Lipinski definition) is 1. The van der Waals surface area contributed by atoms with Crippen molar-refractivity contribution in [1.82, 2.24) is 0 Å². The van der Waals surface area contributed by atoms with Gasteiger partial charge in [-0.3, -0.25) is 4.57 Å². The van der Waals surface area contributed by atoms with Gasteiger partial charge in [0, 0.05) is 19.8 Å². The molecule has 0 saturated carbocycles. The van der Waals surface area contributed by atoms with Crippen molar-refractivity contribution in [1.29, 1.82) is 0 Å². The summed E-state index contributed by atoms with van der Waals surface area (Å²) in [7, 11) is -0.414. The topological polar surface area (TPSA) is 52.3 Å². The van der Waals surface area contributed by atoms with Crippen LogP contribution in [0.1, 0.15) is 11.1 Å². The summed E-state index contributed by atoms with van der Waals surface area (Å²) in [4.78, 5) is 0. The predicted molar refractivity (Wildman–Crippen MR) is 54.0 cm³/mol. The Labute approximate surface area is 78.8 Å². The molecule has 3 nitrogen and oxygen atoms in total. The fourth-order valence-corrected chi connectivity index (χ4v) is 1.75. The zero-order valence-electron chi connectivity index (χ0n) is 7.62. The summed E-state index contributed by atoms with van der Waals surface area (Å²) in [5.74, 6) is 0. The summed E-state index contributed by atoms with van der Waals surface area (Å²) in [5, 5.41) is 0. The lowest BCUT2D eigenvalue weighted by atomic mass is 10.1. The van der Waals surface area contributed by atoms with Gasteiger partial charge in [0.15, 0.2) is 8.03 Å². The summed E-state index contributed by atoms with van der Waals surface area (Å²) in [6.45, 7) is 0.541. The molecule has 0 aliphatic carbocycles. The molecule has 1 unspecified atom stereocenters. The van der Waals surface area contributed by atoms with Gasteiger partial charge in [-0.05, 0) is 11.1 Å². The maximum Gasteiger partial charge on any atom is 0.195 e. The smallest absolute Gasteiger partial charge is 0.195 e. The Hall–Kier alpha value is -0.630. The zero-order valence-corrected chi connectivity index (χ0v) is 8.62. The first-order chi connectivity index (χ1) is 6.26. The normalized spacial score (nSPS) is 12.8. The van der Waals surface area contributed by atoms with Crippen LogP contribution >= 0.6 is 8.03 Å². The van der Waals surface area contributed by atoms with Gasteiger partial charge >= 0.3 is 0 Å². The second-order valence-electron chi connectivity index (χ2n) is 2.77. The van der Waals surface area contributed by atoms with Gasteiger partial charge in [-0.25, -0.2) is 0 Å². The Morgan fingerprint density at radius 1 is 1.31 bits per heavy atom. The lowest BCUT2D eigenvalue weighted by Crippen LogP contribution is -1.95. The Kier molecular flexibility index (Phi) is 4.16. The highest BCUT2D eigenvalue weighted by atomic mass is 31.1. The minimum absolute atomic E-state index is 0.506. The number of nitrogens with two attached hydrogens (primary N) is 1. The lowest BCUT2D eigenvalue weighted by molar-refractivity contribution is 0.414. The number of hydrogen-bond acceptors (Lipinski definition) is 3. The first-order valence-electron chi connectivity index (χ1n) is 4.11. The molecule has 1 atom stereocenters. The summed E-state index contributed by atoms with van der Waals surface area (Å²) in [6.07, 6.45) is 0.506. The highest BCUT2D eigenvalue weighted by molar-refractivity contribution is 7.38. The van der Waals surface area contributed by atoms with Crippen LogP contribution in [0.3, 0.4) is 0 Å². The molecule has 0 fully saturated rings. The lowest BCUT2D eigenvalue weighted by Gasteiger charge is -2.01. The van der Waals surface area contributed by atoms with Crippen LogP contribution in [-0.2, 0) is 21.8 Å². The maximum absolute atomic E-state index is 11.1. The van der Waals surface area contributed by atoms with Crippen molar-refractivity contribution in [2.24, 2.45) is 5.73 Å². The van der Waals surface area contributed by atoms with E-state index >= 15 is 0 Å². The largest absolute Gasteiger partial charge is 0.334 e. The minimum atomic E-state index is -1.88. The van der Waals surface area contributed by atoms with Crippen molar-refractivity contribution in [3.05, 3.63) is 35.4 Å². The van der Waals surface area contributed by atoms with Crippen molar-refractivity contribution >= 4 is 8.03 Å². The van der Waals surface area contributed by atoms with E-state index < -0.39 is 8.03 Å². The highest BCUT2D eigenvalue weighted by Gasteiger charge is 1.99. The van der Waals surface area contributed by atoms with E-state index in [4.69, 9.17) is 10.3 Å². The molecule has 0 amide bonds. The quantitative estimate of drug-likeness (QED) is 0.752. The molecule has 4 heteroatoms. The average molecular weight is 199 g/mol. The average Bonchev–Trinajstić information content (AvgIpc) is 2.19. The van der Waals surface area contributed by atoms with Crippen molar-refractivity contribution in [2.45, 2.75) is 12.7 Å². The fourth-order valence-electron chi connectivity index (χ4n) is 1.03. The molecular formula is C9H14NO2P. The molecule has 0 bridgehead atoms. The molecular weight excluding hydrogens is 185 g/mol. The third-order valence-electron chi connectivity index (χ3n) is 1.83. The Bertz CT molecular complexity index is 284. The summed E-state index contributed by atoms with van der Waals surface area (Å²) >= 11 is 0. The van der Waals surface area contributed by atoms with E-state index in [1.165, 1.54) is 7.11 Å². The van der Waals surface area contributed by atoms with Crippen LogP contribution < -0.4 is 5.73 Å². The monoisotopic (exact) mass is 199 g/mol. The zero-order chi connectivity index (χ0) is 9.68. The van der Waals surface area contributed by atoms with Gasteiger partial charge in [0.25, 0.3) is 0 Å². The van der Waals surface area contributed by atoms with E-state index in [1.54, 1.807) is 0 Å². The van der Waals surface area contributed by atoms with Crippen LogP contribution in [0.2, 0.25) is 0 Å². The Balaban J connectivity index is 2.64.